The van der Waals surface area contributed by atoms with E-state index in [-0.39, 0.29) is 5.12 Å². The van der Waals surface area contributed by atoms with Crippen molar-refractivity contribution in [3.05, 3.63) is 0 Å². The first-order valence-corrected chi connectivity index (χ1v) is 12.0. The average molecular weight is 377 g/mol. The van der Waals surface area contributed by atoms with Gasteiger partial charge in [-0.3, -0.25) is 4.79 Å². The van der Waals surface area contributed by atoms with Crippen molar-refractivity contribution < 1.29 is 4.79 Å². The van der Waals surface area contributed by atoms with E-state index in [4.69, 9.17) is 0 Å². The molecule has 0 aromatic carbocycles. The van der Waals surface area contributed by atoms with E-state index in [1.165, 1.54) is 64.2 Å². The molecule has 1 nitrogen and oxygen atoms in total. The summed E-state index contributed by atoms with van der Waals surface area (Å²) >= 11 is 4.00. The average Bonchev–Trinajstić information content (AvgIpc) is 2.96. The maximum absolute atomic E-state index is 11.3. The van der Waals surface area contributed by atoms with Crippen LogP contribution >= 0.6 is 12.6 Å². The normalized spacial score (nSPS) is 49.0. The van der Waals surface area contributed by atoms with Crippen LogP contribution in [0.2, 0.25) is 0 Å². The number of thiol groups is 1. The van der Waals surface area contributed by atoms with Gasteiger partial charge in [0.2, 0.25) is 0 Å². The molecular formula is C24H40OS. The Hall–Kier alpha value is 0.0200. The molecule has 0 radical (unpaired) electrons. The zero-order valence-corrected chi connectivity index (χ0v) is 18.2. The Labute approximate surface area is 166 Å². The molecule has 0 saturated heterocycles. The standard InChI is InChI=1S/C24H40OS/c1-16(7-12-22(25)26)19-10-11-20-18-9-8-17-6-4-5-14-23(17,2)21(18)13-15-24(19,20)3/h16-21H,4-15H2,1-3H3,(H,25,26)/t16-,17?,18+,19-,20+,21+,23+,24-/m1/s1. The fourth-order valence-corrected chi connectivity index (χ4v) is 8.95. The Morgan fingerprint density at radius 1 is 0.962 bits per heavy atom. The maximum atomic E-state index is 11.3. The van der Waals surface area contributed by atoms with Crippen LogP contribution < -0.4 is 0 Å². The molecule has 1 unspecified atom stereocenters. The van der Waals surface area contributed by atoms with Gasteiger partial charge < -0.3 is 0 Å². The molecule has 4 saturated carbocycles. The summed E-state index contributed by atoms with van der Waals surface area (Å²) in [6.07, 6.45) is 16.5. The second-order valence-corrected chi connectivity index (χ2v) is 11.5. The van der Waals surface area contributed by atoms with E-state index in [0.29, 0.717) is 23.2 Å². The molecule has 8 atom stereocenters. The molecule has 0 amide bonds. The lowest BCUT2D eigenvalue weighted by molar-refractivity contribution is -0.115. The largest absolute Gasteiger partial charge is 0.288 e. The fourth-order valence-electron chi connectivity index (χ4n) is 8.82. The Kier molecular flexibility index (Phi) is 5.30. The molecule has 4 fully saturated rings. The predicted molar refractivity (Wildman–Crippen MR) is 112 cm³/mol. The van der Waals surface area contributed by atoms with E-state index >= 15 is 0 Å². The summed E-state index contributed by atoms with van der Waals surface area (Å²) in [5.74, 6) is 5.50. The first-order chi connectivity index (χ1) is 12.4. The van der Waals surface area contributed by atoms with Gasteiger partial charge in [0, 0.05) is 6.42 Å². The van der Waals surface area contributed by atoms with Crippen molar-refractivity contribution in [2.75, 3.05) is 0 Å². The van der Waals surface area contributed by atoms with Gasteiger partial charge in [0.25, 0.3) is 0 Å². The van der Waals surface area contributed by atoms with Gasteiger partial charge in [-0.1, -0.05) is 33.6 Å². The number of fused-ring (bicyclic) bond motifs is 5. The molecule has 0 bridgehead atoms. The van der Waals surface area contributed by atoms with Gasteiger partial charge in [-0.25, -0.2) is 0 Å². The minimum atomic E-state index is 0.0730. The molecule has 0 spiro atoms. The summed E-state index contributed by atoms with van der Waals surface area (Å²) in [6, 6.07) is 0. The molecule has 0 N–H and O–H groups in total. The van der Waals surface area contributed by atoms with E-state index in [1.807, 2.05) is 0 Å². The van der Waals surface area contributed by atoms with E-state index in [9.17, 15) is 4.79 Å². The van der Waals surface area contributed by atoms with Crippen LogP contribution in [0.5, 0.6) is 0 Å². The quantitative estimate of drug-likeness (QED) is 0.528. The van der Waals surface area contributed by atoms with Crippen molar-refractivity contribution in [3.63, 3.8) is 0 Å². The van der Waals surface area contributed by atoms with E-state index < -0.39 is 0 Å². The summed E-state index contributed by atoms with van der Waals surface area (Å²) in [6.45, 7) is 7.74. The number of rotatable bonds is 4. The van der Waals surface area contributed by atoms with Crippen molar-refractivity contribution in [1.29, 1.82) is 0 Å². The first kappa shape index (κ1) is 19.3. The van der Waals surface area contributed by atoms with Gasteiger partial charge in [-0.15, -0.1) is 12.6 Å². The van der Waals surface area contributed by atoms with Crippen LogP contribution in [0.15, 0.2) is 0 Å². The van der Waals surface area contributed by atoms with E-state index in [2.05, 4.69) is 33.4 Å². The van der Waals surface area contributed by atoms with E-state index in [1.54, 1.807) is 0 Å². The monoisotopic (exact) mass is 376 g/mol. The van der Waals surface area contributed by atoms with Gasteiger partial charge in [-0.05, 0) is 104 Å². The molecule has 4 rings (SSSR count). The SMILES string of the molecule is C[C@H](CCC(=O)S)[C@H]1CC[C@H]2[C@@H]3CCC4CCCC[C@]4(C)[C@H]3CC[C@]12C. The fraction of sp³-hybridized carbons (Fsp3) is 0.958. The highest BCUT2D eigenvalue weighted by molar-refractivity contribution is 7.96. The summed E-state index contributed by atoms with van der Waals surface area (Å²) in [5, 5.41) is 0.0730. The molecule has 4 aliphatic carbocycles. The molecule has 0 aromatic heterocycles. The highest BCUT2D eigenvalue weighted by atomic mass is 32.1. The Balaban J connectivity index is 1.52. The number of carbonyl (C=O) groups is 1. The van der Waals surface area contributed by atoms with Crippen LogP contribution in [0.3, 0.4) is 0 Å². The number of carbonyl (C=O) groups excluding carboxylic acids is 1. The predicted octanol–water partition coefficient (Wildman–Crippen LogP) is 6.91. The Morgan fingerprint density at radius 2 is 1.73 bits per heavy atom. The lowest BCUT2D eigenvalue weighted by Gasteiger charge is -2.61. The van der Waals surface area contributed by atoms with E-state index in [0.717, 1.165) is 36.0 Å². The minimum absolute atomic E-state index is 0.0730. The molecule has 2 heteroatoms. The second kappa shape index (κ2) is 7.12. The van der Waals surface area contributed by atoms with Crippen LogP contribution in [-0.2, 0) is 4.79 Å². The smallest absolute Gasteiger partial charge is 0.185 e. The molecule has 0 aromatic rings. The molecule has 26 heavy (non-hydrogen) atoms. The third kappa shape index (κ3) is 3.01. The zero-order valence-electron chi connectivity index (χ0n) is 17.3. The number of hydrogen-bond acceptors (Lipinski definition) is 1. The summed E-state index contributed by atoms with van der Waals surface area (Å²) in [5.41, 5.74) is 1.20. The van der Waals surface area contributed by atoms with Gasteiger partial charge in [-0.2, -0.15) is 0 Å². The van der Waals surface area contributed by atoms with Crippen LogP contribution in [0, 0.1) is 46.3 Å². The lowest BCUT2D eigenvalue weighted by atomic mass is 9.44. The van der Waals surface area contributed by atoms with Crippen LogP contribution in [0.1, 0.15) is 97.8 Å². The molecule has 0 heterocycles. The summed E-state index contributed by atoms with van der Waals surface area (Å²) < 4.78 is 0. The third-order valence-corrected chi connectivity index (χ3v) is 10.4. The Morgan fingerprint density at radius 3 is 2.50 bits per heavy atom. The summed E-state index contributed by atoms with van der Waals surface area (Å²) in [7, 11) is 0. The second-order valence-electron chi connectivity index (χ2n) is 11.0. The molecule has 148 valence electrons. The number of hydrogen-bond donors (Lipinski definition) is 1. The van der Waals surface area contributed by atoms with Crippen LogP contribution in [0.25, 0.3) is 0 Å². The highest BCUT2D eigenvalue weighted by Crippen LogP contribution is 2.68. The van der Waals surface area contributed by atoms with Crippen molar-refractivity contribution >= 4 is 17.7 Å². The van der Waals surface area contributed by atoms with Gasteiger partial charge in [0.05, 0.1) is 0 Å². The lowest BCUT2D eigenvalue weighted by Crippen LogP contribution is -2.53. The minimum Gasteiger partial charge on any atom is -0.288 e. The van der Waals surface area contributed by atoms with Gasteiger partial charge in [0.1, 0.15) is 0 Å². The van der Waals surface area contributed by atoms with Crippen LogP contribution in [-0.4, -0.2) is 5.12 Å². The van der Waals surface area contributed by atoms with Crippen molar-refractivity contribution in [2.24, 2.45) is 46.3 Å². The maximum Gasteiger partial charge on any atom is 0.185 e. The Bertz CT molecular complexity index is 544. The van der Waals surface area contributed by atoms with Gasteiger partial charge in [0.15, 0.2) is 5.12 Å². The van der Waals surface area contributed by atoms with Crippen molar-refractivity contribution in [3.8, 4) is 0 Å². The highest BCUT2D eigenvalue weighted by Gasteiger charge is 2.59. The van der Waals surface area contributed by atoms with Gasteiger partial charge >= 0.3 is 0 Å². The molecule has 0 aliphatic heterocycles. The van der Waals surface area contributed by atoms with Crippen molar-refractivity contribution in [2.45, 2.75) is 97.8 Å². The molecular weight excluding hydrogens is 336 g/mol. The third-order valence-electron chi connectivity index (χ3n) is 10.2. The van der Waals surface area contributed by atoms with Crippen LogP contribution in [0.4, 0.5) is 0 Å². The molecule has 4 aliphatic rings. The summed E-state index contributed by atoms with van der Waals surface area (Å²) in [4.78, 5) is 11.3. The topological polar surface area (TPSA) is 17.1 Å². The first-order valence-electron chi connectivity index (χ1n) is 11.6. The van der Waals surface area contributed by atoms with Crippen molar-refractivity contribution in [1.82, 2.24) is 0 Å². The zero-order chi connectivity index (χ0) is 18.5.